The predicted molar refractivity (Wildman–Crippen MR) is 55.6 cm³/mol. The molecule has 15 heavy (non-hydrogen) atoms. The second kappa shape index (κ2) is 7.05. The van der Waals surface area contributed by atoms with Crippen molar-refractivity contribution in [2.24, 2.45) is 5.73 Å². The summed E-state index contributed by atoms with van der Waals surface area (Å²) in [6.45, 7) is -0.362. The number of carbonyl (C=O) groups excluding carboxylic acids is 1. The van der Waals surface area contributed by atoms with Crippen LogP contribution in [-0.2, 0) is 11.3 Å². The second-order valence-electron chi connectivity index (χ2n) is 2.34. The third-order valence-electron chi connectivity index (χ3n) is 1.38. The van der Waals surface area contributed by atoms with Gasteiger partial charge in [-0.1, -0.05) is 0 Å². The Hall–Kier alpha value is -1.30. The smallest absolute Gasteiger partial charge is 0.404 e. The van der Waals surface area contributed by atoms with Gasteiger partial charge in [-0.25, -0.2) is 13.6 Å². The summed E-state index contributed by atoms with van der Waals surface area (Å²) >= 11 is 3.53. The molecular formula is C9H11F2NO2S. The largest absolute Gasteiger partial charge is 0.445 e. The summed E-state index contributed by atoms with van der Waals surface area (Å²) < 4.78 is 29.7. The lowest BCUT2D eigenvalue weighted by molar-refractivity contribution is 0.149. The van der Waals surface area contributed by atoms with Gasteiger partial charge < -0.3 is 10.5 Å². The monoisotopic (exact) mass is 235 g/mol. The molecule has 0 aliphatic rings. The molecule has 0 spiro atoms. The summed E-state index contributed by atoms with van der Waals surface area (Å²) in [7, 11) is 0. The van der Waals surface area contributed by atoms with Gasteiger partial charge in [-0.05, 0) is 24.5 Å². The number of halogens is 2. The standard InChI is InChI=1S/C8H7F2NO2.CH4S/c9-6-1-2-7(10)5(3-6)4-13-8(11)12;1-2/h1-3H,4H2,(H2,11,12);2H,1H3. The molecule has 3 nitrogen and oxygen atoms in total. The van der Waals surface area contributed by atoms with Gasteiger partial charge in [-0.3, -0.25) is 0 Å². The van der Waals surface area contributed by atoms with Crippen LogP contribution in [0.1, 0.15) is 5.56 Å². The number of ether oxygens (including phenoxy) is 1. The number of rotatable bonds is 2. The lowest BCUT2D eigenvalue weighted by Crippen LogP contribution is -2.13. The van der Waals surface area contributed by atoms with Crippen LogP contribution < -0.4 is 5.73 Å². The summed E-state index contributed by atoms with van der Waals surface area (Å²) in [6.07, 6.45) is 0.670. The molecule has 1 rings (SSSR count). The first-order valence-electron chi connectivity index (χ1n) is 3.90. The van der Waals surface area contributed by atoms with E-state index in [1.54, 1.807) is 6.26 Å². The van der Waals surface area contributed by atoms with Gasteiger partial charge in [0.25, 0.3) is 0 Å². The summed E-state index contributed by atoms with van der Waals surface area (Å²) in [6, 6.07) is 2.87. The van der Waals surface area contributed by atoms with Gasteiger partial charge in [0, 0.05) is 5.56 Å². The number of thiol groups is 1. The number of primary amides is 1. The molecule has 0 fully saturated rings. The zero-order valence-electron chi connectivity index (χ0n) is 8.04. The highest BCUT2D eigenvalue weighted by atomic mass is 32.1. The van der Waals surface area contributed by atoms with Crippen molar-refractivity contribution < 1.29 is 18.3 Å². The molecule has 0 radical (unpaired) electrons. The van der Waals surface area contributed by atoms with Crippen LogP contribution in [0.4, 0.5) is 13.6 Å². The quantitative estimate of drug-likeness (QED) is 0.771. The molecular weight excluding hydrogens is 224 g/mol. The van der Waals surface area contributed by atoms with Crippen LogP contribution in [0.15, 0.2) is 18.2 Å². The van der Waals surface area contributed by atoms with E-state index in [0.29, 0.717) is 0 Å². The molecule has 0 unspecified atom stereocenters. The SMILES string of the molecule is CS.NC(=O)OCc1cc(F)ccc1F. The Bertz CT molecular complexity index is 334. The fraction of sp³-hybridized carbons (Fsp3) is 0.222. The number of carbonyl (C=O) groups is 1. The average molecular weight is 235 g/mol. The van der Waals surface area contributed by atoms with Gasteiger partial charge in [0.1, 0.15) is 18.2 Å². The van der Waals surface area contributed by atoms with E-state index >= 15 is 0 Å². The molecule has 0 heterocycles. The molecule has 0 aliphatic heterocycles. The van der Waals surface area contributed by atoms with E-state index in [9.17, 15) is 13.6 Å². The number of amides is 1. The molecule has 1 amide bonds. The minimum atomic E-state index is -1.02. The maximum atomic E-state index is 12.8. The maximum absolute atomic E-state index is 12.8. The van der Waals surface area contributed by atoms with Crippen molar-refractivity contribution in [2.45, 2.75) is 6.61 Å². The van der Waals surface area contributed by atoms with Crippen LogP contribution in [0.3, 0.4) is 0 Å². The Labute approximate surface area is 91.6 Å². The van der Waals surface area contributed by atoms with Crippen molar-refractivity contribution in [1.82, 2.24) is 0 Å². The zero-order chi connectivity index (χ0) is 11.8. The molecule has 0 aliphatic carbocycles. The van der Waals surface area contributed by atoms with Crippen LogP contribution in [0.2, 0.25) is 0 Å². The van der Waals surface area contributed by atoms with Crippen LogP contribution in [0.5, 0.6) is 0 Å². The van der Waals surface area contributed by atoms with Crippen molar-refractivity contribution in [1.29, 1.82) is 0 Å². The Morgan fingerprint density at radius 3 is 2.60 bits per heavy atom. The van der Waals surface area contributed by atoms with Crippen molar-refractivity contribution >= 4 is 18.7 Å². The molecule has 0 saturated carbocycles. The Balaban J connectivity index is 0.000000921. The summed E-state index contributed by atoms with van der Waals surface area (Å²) in [4.78, 5) is 10.2. The summed E-state index contributed by atoms with van der Waals surface area (Å²) in [5.41, 5.74) is 4.61. The average Bonchev–Trinajstić information content (AvgIpc) is 2.22. The topological polar surface area (TPSA) is 52.3 Å². The van der Waals surface area contributed by atoms with Crippen molar-refractivity contribution in [3.63, 3.8) is 0 Å². The summed E-state index contributed by atoms with van der Waals surface area (Å²) in [5, 5.41) is 0. The van der Waals surface area contributed by atoms with Crippen LogP contribution in [0.25, 0.3) is 0 Å². The number of hydrogen-bond acceptors (Lipinski definition) is 3. The Morgan fingerprint density at radius 2 is 2.07 bits per heavy atom. The highest BCUT2D eigenvalue weighted by molar-refractivity contribution is 7.79. The van der Waals surface area contributed by atoms with E-state index in [0.717, 1.165) is 18.2 Å². The first kappa shape index (κ1) is 13.7. The van der Waals surface area contributed by atoms with Gasteiger partial charge in [0.2, 0.25) is 0 Å². The third-order valence-corrected chi connectivity index (χ3v) is 1.38. The lowest BCUT2D eigenvalue weighted by Gasteiger charge is -2.02. The molecule has 1 aromatic carbocycles. The lowest BCUT2D eigenvalue weighted by atomic mass is 10.2. The van der Waals surface area contributed by atoms with Gasteiger partial charge in [0.15, 0.2) is 0 Å². The van der Waals surface area contributed by atoms with Crippen molar-refractivity contribution in [2.75, 3.05) is 6.26 Å². The molecule has 2 N–H and O–H groups in total. The Kier molecular flexibility index (Phi) is 6.44. The molecule has 84 valence electrons. The van der Waals surface area contributed by atoms with Gasteiger partial charge in [-0.15, -0.1) is 0 Å². The maximum Gasteiger partial charge on any atom is 0.404 e. The predicted octanol–water partition coefficient (Wildman–Crippen LogP) is 2.11. The molecule has 0 saturated heterocycles. The molecule has 6 heteroatoms. The van der Waals surface area contributed by atoms with E-state index in [1.165, 1.54) is 0 Å². The fourth-order valence-corrected chi connectivity index (χ4v) is 0.803. The van der Waals surface area contributed by atoms with Gasteiger partial charge in [0.05, 0.1) is 0 Å². The van der Waals surface area contributed by atoms with Crippen molar-refractivity contribution in [3.05, 3.63) is 35.4 Å². The van der Waals surface area contributed by atoms with E-state index in [1.807, 2.05) is 0 Å². The molecule has 0 aromatic heterocycles. The fourth-order valence-electron chi connectivity index (χ4n) is 0.803. The number of nitrogens with two attached hydrogens (primary N) is 1. The highest BCUT2D eigenvalue weighted by Crippen LogP contribution is 2.10. The first-order valence-corrected chi connectivity index (χ1v) is 4.80. The van der Waals surface area contributed by atoms with Crippen LogP contribution in [-0.4, -0.2) is 12.3 Å². The van der Waals surface area contributed by atoms with Gasteiger partial charge >= 0.3 is 6.09 Å². The van der Waals surface area contributed by atoms with Crippen LogP contribution >= 0.6 is 12.6 Å². The van der Waals surface area contributed by atoms with E-state index in [-0.39, 0.29) is 12.2 Å². The third kappa shape index (κ3) is 5.21. The normalized spacial score (nSPS) is 8.80. The molecule has 1 aromatic rings. The summed E-state index contributed by atoms with van der Waals surface area (Å²) in [5.74, 6) is -1.23. The van der Waals surface area contributed by atoms with Gasteiger partial charge in [-0.2, -0.15) is 12.6 Å². The number of hydrogen-bond donors (Lipinski definition) is 2. The first-order chi connectivity index (χ1) is 7.09. The van der Waals surface area contributed by atoms with Crippen molar-refractivity contribution in [3.8, 4) is 0 Å². The zero-order valence-corrected chi connectivity index (χ0v) is 8.93. The minimum absolute atomic E-state index is 0.0428. The van der Waals surface area contributed by atoms with Crippen LogP contribution in [0, 0.1) is 11.6 Å². The second-order valence-corrected chi connectivity index (χ2v) is 2.34. The molecule has 0 bridgehead atoms. The van der Waals surface area contributed by atoms with E-state index < -0.39 is 17.7 Å². The minimum Gasteiger partial charge on any atom is -0.445 e. The van der Waals surface area contributed by atoms with E-state index in [4.69, 9.17) is 0 Å². The Morgan fingerprint density at radius 1 is 1.47 bits per heavy atom. The highest BCUT2D eigenvalue weighted by Gasteiger charge is 2.05. The van der Waals surface area contributed by atoms with E-state index in [2.05, 4.69) is 23.1 Å². The number of benzene rings is 1. The molecule has 0 atom stereocenters.